The first-order chi connectivity index (χ1) is 8.51. The Kier molecular flexibility index (Phi) is 10.7. The van der Waals surface area contributed by atoms with Gasteiger partial charge in [0.25, 0.3) is 0 Å². The van der Waals surface area contributed by atoms with Crippen molar-refractivity contribution in [2.75, 3.05) is 39.9 Å². The maximum Gasteiger partial charge on any atom is 0.0589 e. The molecule has 0 aromatic rings. The number of ether oxygens (including phenoxy) is 1. The van der Waals surface area contributed by atoms with Crippen LogP contribution in [-0.4, -0.2) is 50.8 Å². The summed E-state index contributed by atoms with van der Waals surface area (Å²) >= 11 is 0. The Morgan fingerprint density at radius 2 is 1.78 bits per heavy atom. The van der Waals surface area contributed by atoms with Crippen molar-refractivity contribution in [3.05, 3.63) is 0 Å². The van der Waals surface area contributed by atoms with Crippen LogP contribution in [0.15, 0.2) is 0 Å². The van der Waals surface area contributed by atoms with Gasteiger partial charge in [0.15, 0.2) is 0 Å². The molecule has 0 rings (SSSR count). The summed E-state index contributed by atoms with van der Waals surface area (Å²) in [5, 5.41) is 3.55. The van der Waals surface area contributed by atoms with Crippen molar-refractivity contribution in [2.24, 2.45) is 11.8 Å². The second-order valence-corrected chi connectivity index (χ2v) is 5.90. The minimum absolute atomic E-state index is 0.646. The maximum atomic E-state index is 5.20. The van der Waals surface area contributed by atoms with Gasteiger partial charge in [-0.1, -0.05) is 27.7 Å². The Hall–Kier alpha value is -0.120. The second kappa shape index (κ2) is 10.8. The van der Waals surface area contributed by atoms with Gasteiger partial charge in [0, 0.05) is 26.2 Å². The smallest absolute Gasteiger partial charge is 0.0589 e. The zero-order chi connectivity index (χ0) is 14.0. The van der Waals surface area contributed by atoms with E-state index in [1.165, 1.54) is 6.42 Å². The molecule has 0 aliphatic carbocycles. The zero-order valence-corrected chi connectivity index (χ0v) is 13.3. The predicted molar refractivity (Wildman–Crippen MR) is 80.1 cm³/mol. The molecule has 0 aromatic carbocycles. The van der Waals surface area contributed by atoms with Gasteiger partial charge in [-0.05, 0) is 38.3 Å². The molecule has 3 nitrogen and oxygen atoms in total. The van der Waals surface area contributed by atoms with Gasteiger partial charge >= 0.3 is 0 Å². The Bertz CT molecular complexity index is 185. The molecule has 0 fully saturated rings. The molecule has 0 aromatic heterocycles. The Labute approximate surface area is 114 Å². The molecule has 0 amide bonds. The van der Waals surface area contributed by atoms with Crippen molar-refractivity contribution in [1.29, 1.82) is 0 Å². The number of nitrogens with zero attached hydrogens (tertiary/aromatic N) is 1. The summed E-state index contributed by atoms with van der Waals surface area (Å²) in [7, 11) is 1.78. The first kappa shape index (κ1) is 17.9. The SMILES string of the molecule is CCC(C)N(CCOC)CC(C)CNCC(C)C. The van der Waals surface area contributed by atoms with Crippen molar-refractivity contribution in [1.82, 2.24) is 10.2 Å². The van der Waals surface area contributed by atoms with Crippen LogP contribution < -0.4 is 5.32 Å². The molecule has 0 bridgehead atoms. The molecule has 0 aliphatic rings. The van der Waals surface area contributed by atoms with Crippen LogP contribution in [0.4, 0.5) is 0 Å². The van der Waals surface area contributed by atoms with Gasteiger partial charge in [0.05, 0.1) is 6.61 Å². The zero-order valence-electron chi connectivity index (χ0n) is 13.3. The van der Waals surface area contributed by atoms with Crippen molar-refractivity contribution in [3.8, 4) is 0 Å². The van der Waals surface area contributed by atoms with Gasteiger partial charge in [-0.3, -0.25) is 4.90 Å². The highest BCUT2D eigenvalue weighted by Gasteiger charge is 2.15. The van der Waals surface area contributed by atoms with E-state index in [2.05, 4.69) is 44.8 Å². The highest BCUT2D eigenvalue weighted by Crippen LogP contribution is 2.07. The van der Waals surface area contributed by atoms with E-state index in [-0.39, 0.29) is 0 Å². The number of rotatable bonds is 11. The fourth-order valence-electron chi connectivity index (χ4n) is 2.04. The van der Waals surface area contributed by atoms with E-state index < -0.39 is 0 Å². The minimum Gasteiger partial charge on any atom is -0.383 e. The summed E-state index contributed by atoms with van der Waals surface area (Å²) in [6, 6.07) is 0.646. The predicted octanol–water partition coefficient (Wildman–Crippen LogP) is 2.62. The lowest BCUT2D eigenvalue weighted by Gasteiger charge is -2.31. The Morgan fingerprint density at radius 3 is 2.28 bits per heavy atom. The first-order valence-electron chi connectivity index (χ1n) is 7.44. The van der Waals surface area contributed by atoms with Crippen molar-refractivity contribution >= 4 is 0 Å². The van der Waals surface area contributed by atoms with Gasteiger partial charge in [0.2, 0.25) is 0 Å². The van der Waals surface area contributed by atoms with E-state index in [1.807, 2.05) is 0 Å². The fourth-order valence-corrected chi connectivity index (χ4v) is 2.04. The average molecular weight is 258 g/mol. The molecule has 0 spiro atoms. The largest absolute Gasteiger partial charge is 0.383 e. The third kappa shape index (κ3) is 8.90. The molecule has 2 atom stereocenters. The van der Waals surface area contributed by atoms with E-state index in [9.17, 15) is 0 Å². The molecule has 0 radical (unpaired) electrons. The molecule has 1 N–H and O–H groups in total. The van der Waals surface area contributed by atoms with Gasteiger partial charge in [0.1, 0.15) is 0 Å². The van der Waals surface area contributed by atoms with Gasteiger partial charge in [-0.25, -0.2) is 0 Å². The molecule has 18 heavy (non-hydrogen) atoms. The number of hydrogen-bond donors (Lipinski definition) is 1. The van der Waals surface area contributed by atoms with Crippen LogP contribution in [0.3, 0.4) is 0 Å². The Morgan fingerprint density at radius 1 is 1.11 bits per heavy atom. The molecule has 3 heteroatoms. The lowest BCUT2D eigenvalue weighted by atomic mass is 10.1. The third-order valence-corrected chi connectivity index (χ3v) is 3.39. The summed E-state index contributed by atoms with van der Waals surface area (Å²) in [4.78, 5) is 2.55. The average Bonchev–Trinajstić information content (AvgIpc) is 2.32. The van der Waals surface area contributed by atoms with Gasteiger partial charge in [-0.15, -0.1) is 0 Å². The van der Waals surface area contributed by atoms with Crippen molar-refractivity contribution in [2.45, 2.75) is 47.1 Å². The minimum atomic E-state index is 0.646. The summed E-state index contributed by atoms with van der Waals surface area (Å²) in [5.41, 5.74) is 0. The quantitative estimate of drug-likeness (QED) is 0.616. The summed E-state index contributed by atoms with van der Waals surface area (Å²) in [6.07, 6.45) is 1.20. The van der Waals surface area contributed by atoms with Crippen LogP contribution in [0.2, 0.25) is 0 Å². The molecule has 0 aliphatic heterocycles. The van der Waals surface area contributed by atoms with Gasteiger partial charge < -0.3 is 10.1 Å². The van der Waals surface area contributed by atoms with Crippen LogP contribution in [0, 0.1) is 11.8 Å². The van der Waals surface area contributed by atoms with Gasteiger partial charge in [-0.2, -0.15) is 0 Å². The molecule has 0 heterocycles. The number of nitrogens with one attached hydrogen (secondary N) is 1. The van der Waals surface area contributed by atoms with E-state index in [0.717, 1.165) is 38.7 Å². The lowest BCUT2D eigenvalue weighted by molar-refractivity contribution is 0.111. The monoisotopic (exact) mass is 258 g/mol. The summed E-state index contributed by atoms with van der Waals surface area (Å²) < 4.78 is 5.20. The first-order valence-corrected chi connectivity index (χ1v) is 7.44. The maximum absolute atomic E-state index is 5.20. The van der Waals surface area contributed by atoms with Crippen LogP contribution in [-0.2, 0) is 4.74 Å². The third-order valence-electron chi connectivity index (χ3n) is 3.39. The van der Waals surface area contributed by atoms with E-state index in [0.29, 0.717) is 12.0 Å². The molecular weight excluding hydrogens is 224 g/mol. The molecular formula is C15H34N2O. The van der Waals surface area contributed by atoms with Crippen LogP contribution in [0.5, 0.6) is 0 Å². The normalized spacial score (nSPS) is 15.3. The van der Waals surface area contributed by atoms with E-state index in [4.69, 9.17) is 4.74 Å². The number of methoxy groups -OCH3 is 1. The highest BCUT2D eigenvalue weighted by atomic mass is 16.5. The van der Waals surface area contributed by atoms with Crippen LogP contribution >= 0.6 is 0 Å². The van der Waals surface area contributed by atoms with Crippen molar-refractivity contribution in [3.63, 3.8) is 0 Å². The topological polar surface area (TPSA) is 24.5 Å². The second-order valence-electron chi connectivity index (χ2n) is 5.90. The van der Waals surface area contributed by atoms with Crippen molar-refractivity contribution < 1.29 is 4.74 Å². The fraction of sp³-hybridized carbons (Fsp3) is 1.00. The Balaban J connectivity index is 3.97. The molecule has 0 saturated carbocycles. The molecule has 110 valence electrons. The summed E-state index contributed by atoms with van der Waals surface area (Å²) in [5.74, 6) is 1.42. The highest BCUT2D eigenvalue weighted by molar-refractivity contribution is 4.70. The lowest BCUT2D eigenvalue weighted by Crippen LogP contribution is -2.41. The van der Waals surface area contributed by atoms with Crippen LogP contribution in [0.1, 0.15) is 41.0 Å². The molecule has 0 saturated heterocycles. The number of hydrogen-bond acceptors (Lipinski definition) is 3. The standard InChI is InChI=1S/C15H34N2O/c1-7-15(5)17(8-9-18-6)12-14(4)11-16-10-13(2)3/h13-16H,7-12H2,1-6H3. The van der Waals surface area contributed by atoms with E-state index >= 15 is 0 Å². The van der Waals surface area contributed by atoms with E-state index in [1.54, 1.807) is 7.11 Å². The van der Waals surface area contributed by atoms with Crippen LogP contribution in [0.25, 0.3) is 0 Å². The summed E-state index contributed by atoms with van der Waals surface area (Å²) in [6.45, 7) is 16.7. The molecule has 2 unspecified atom stereocenters.